The summed E-state index contributed by atoms with van der Waals surface area (Å²) < 4.78 is 39.1. The number of piperidine rings is 1. The molecule has 1 aliphatic rings. The lowest BCUT2D eigenvalue weighted by Gasteiger charge is -2.32. The predicted octanol–water partition coefficient (Wildman–Crippen LogP) is 4.69. The van der Waals surface area contributed by atoms with Gasteiger partial charge in [-0.1, -0.05) is 19.9 Å². The molecule has 2 aromatic heterocycles. The zero-order valence-electron chi connectivity index (χ0n) is 19.9. The molecule has 1 aromatic carbocycles. The molecule has 4 rings (SSSR count). The molecule has 3 heterocycles. The first-order valence-corrected chi connectivity index (χ1v) is 11.7. The van der Waals surface area contributed by atoms with Crippen molar-refractivity contribution in [2.24, 2.45) is 10.9 Å². The Balaban J connectivity index is 1.63. The van der Waals surface area contributed by atoms with Crippen LogP contribution in [0.4, 0.5) is 13.2 Å². The lowest BCUT2D eigenvalue weighted by atomic mass is 9.87. The van der Waals surface area contributed by atoms with Crippen molar-refractivity contribution in [1.29, 1.82) is 0 Å². The van der Waals surface area contributed by atoms with Gasteiger partial charge in [-0.25, -0.2) is 0 Å². The number of nitrogens with two attached hydrogens (primary N) is 2. The van der Waals surface area contributed by atoms with E-state index in [2.05, 4.69) is 42.1 Å². The molecule has 0 unspecified atom stereocenters. The number of nitrogens with zero attached hydrogens (tertiary/aromatic N) is 3. The van der Waals surface area contributed by atoms with Gasteiger partial charge in [-0.2, -0.15) is 18.3 Å². The Bertz CT molecular complexity index is 1200. The number of hydrogen-bond donors (Lipinski definition) is 3. The van der Waals surface area contributed by atoms with Crippen LogP contribution in [0.15, 0.2) is 35.6 Å². The molecule has 1 fully saturated rings. The van der Waals surface area contributed by atoms with Crippen LogP contribution in [0.5, 0.6) is 0 Å². The van der Waals surface area contributed by atoms with Gasteiger partial charge in [0.25, 0.3) is 0 Å². The number of aromatic nitrogens is 2. The van der Waals surface area contributed by atoms with Crippen molar-refractivity contribution >= 4 is 10.9 Å². The number of H-pyrrole nitrogens is 1. The molecule has 184 valence electrons. The third-order valence-corrected chi connectivity index (χ3v) is 6.87. The number of halogens is 3. The van der Waals surface area contributed by atoms with E-state index >= 15 is 0 Å². The van der Waals surface area contributed by atoms with Gasteiger partial charge in [0.15, 0.2) is 5.49 Å². The number of aryl methyl sites for hydroxylation is 1. The summed E-state index contributed by atoms with van der Waals surface area (Å²) in [4.78, 5) is 5.50. The molecule has 3 aromatic rings. The number of benzene rings is 1. The van der Waals surface area contributed by atoms with Crippen LogP contribution in [0.3, 0.4) is 0 Å². The van der Waals surface area contributed by atoms with Crippen molar-refractivity contribution in [2.45, 2.75) is 58.0 Å². The number of likely N-dealkylation sites (tertiary alicyclic amines) is 1. The highest BCUT2D eigenvalue weighted by Crippen LogP contribution is 2.38. The second-order valence-electron chi connectivity index (χ2n) is 9.63. The standard InChI is InChI=1S/C25H33F3N6/c1-15(2)22-20-13-18(17-6-9-33(10-7-17)11-8-25(26,27)28)4-5-21(20)31-23(22)19-12-16(3)24(32-29)34(30)14-19/h4-5,12-15,17,31H,6-11,29-30H2,1-3H3/b32-24-. The summed E-state index contributed by atoms with van der Waals surface area (Å²) in [6.07, 6.45) is -1.27. The van der Waals surface area contributed by atoms with E-state index in [1.54, 1.807) is 0 Å². The maximum absolute atomic E-state index is 12.6. The summed E-state index contributed by atoms with van der Waals surface area (Å²) in [5.41, 5.74) is 6.92. The summed E-state index contributed by atoms with van der Waals surface area (Å²) in [7, 11) is 0. The lowest BCUT2D eigenvalue weighted by molar-refractivity contribution is -0.138. The third-order valence-electron chi connectivity index (χ3n) is 6.87. The molecule has 0 spiro atoms. The Kier molecular flexibility index (Phi) is 6.66. The van der Waals surface area contributed by atoms with Crippen molar-refractivity contribution in [3.05, 3.63) is 52.6 Å². The van der Waals surface area contributed by atoms with Gasteiger partial charge in [-0.05, 0) is 79.6 Å². The van der Waals surface area contributed by atoms with Gasteiger partial charge in [-0.15, -0.1) is 0 Å². The van der Waals surface area contributed by atoms with E-state index < -0.39 is 12.6 Å². The zero-order valence-corrected chi connectivity index (χ0v) is 19.9. The van der Waals surface area contributed by atoms with Crippen molar-refractivity contribution < 1.29 is 13.2 Å². The normalized spacial score (nSPS) is 16.7. The van der Waals surface area contributed by atoms with Gasteiger partial charge >= 0.3 is 6.18 Å². The summed E-state index contributed by atoms with van der Waals surface area (Å²) >= 11 is 0. The van der Waals surface area contributed by atoms with Gasteiger partial charge in [0.1, 0.15) is 0 Å². The number of aromatic amines is 1. The number of nitrogens with one attached hydrogen (secondary N) is 1. The predicted molar refractivity (Wildman–Crippen MR) is 130 cm³/mol. The number of alkyl halides is 3. The highest BCUT2D eigenvalue weighted by Gasteiger charge is 2.29. The van der Waals surface area contributed by atoms with Crippen molar-refractivity contribution in [3.63, 3.8) is 0 Å². The molecule has 1 aliphatic heterocycles. The second kappa shape index (κ2) is 9.37. The van der Waals surface area contributed by atoms with E-state index in [1.807, 2.05) is 24.1 Å². The largest absolute Gasteiger partial charge is 0.390 e. The Morgan fingerprint density at radius 2 is 1.88 bits per heavy atom. The second-order valence-corrected chi connectivity index (χ2v) is 9.63. The number of fused-ring (bicyclic) bond motifs is 1. The van der Waals surface area contributed by atoms with Crippen LogP contribution < -0.4 is 17.2 Å². The Morgan fingerprint density at radius 1 is 1.18 bits per heavy atom. The van der Waals surface area contributed by atoms with Crippen LogP contribution in [0.25, 0.3) is 22.2 Å². The quantitative estimate of drug-likeness (QED) is 0.370. The van der Waals surface area contributed by atoms with Crippen LogP contribution >= 0.6 is 0 Å². The van der Waals surface area contributed by atoms with Gasteiger partial charge in [0.2, 0.25) is 0 Å². The maximum atomic E-state index is 12.6. The molecule has 0 amide bonds. The van der Waals surface area contributed by atoms with Gasteiger partial charge < -0.3 is 21.6 Å². The molecule has 34 heavy (non-hydrogen) atoms. The molecule has 0 bridgehead atoms. The van der Waals surface area contributed by atoms with E-state index in [-0.39, 0.29) is 12.5 Å². The molecule has 0 atom stereocenters. The highest BCUT2D eigenvalue weighted by atomic mass is 19.4. The fourth-order valence-electron chi connectivity index (χ4n) is 5.14. The van der Waals surface area contributed by atoms with E-state index in [4.69, 9.17) is 11.7 Å². The fraction of sp³-hybridized carbons (Fsp3) is 0.480. The molecule has 1 saturated heterocycles. The Morgan fingerprint density at radius 3 is 2.47 bits per heavy atom. The molecule has 9 heteroatoms. The van der Waals surface area contributed by atoms with Crippen molar-refractivity contribution in [2.75, 3.05) is 25.5 Å². The molecule has 6 nitrogen and oxygen atoms in total. The molecule has 0 radical (unpaired) electrons. The van der Waals surface area contributed by atoms with E-state index in [1.165, 1.54) is 21.2 Å². The molecule has 0 aliphatic carbocycles. The first-order chi connectivity index (χ1) is 16.1. The Labute approximate surface area is 197 Å². The van der Waals surface area contributed by atoms with Crippen LogP contribution in [0.2, 0.25) is 0 Å². The summed E-state index contributed by atoms with van der Waals surface area (Å²) in [5.74, 6) is 12.2. The van der Waals surface area contributed by atoms with Gasteiger partial charge in [0, 0.05) is 29.2 Å². The zero-order chi connectivity index (χ0) is 24.6. The first-order valence-electron chi connectivity index (χ1n) is 11.7. The van der Waals surface area contributed by atoms with Crippen LogP contribution in [0, 0.1) is 6.92 Å². The number of hydrogen-bond acceptors (Lipinski definition) is 4. The van der Waals surface area contributed by atoms with Gasteiger partial charge in [-0.3, -0.25) is 4.68 Å². The summed E-state index contributed by atoms with van der Waals surface area (Å²) in [6.45, 7) is 7.75. The average Bonchev–Trinajstić information content (AvgIpc) is 3.16. The topological polar surface area (TPSA) is 88.4 Å². The molecule has 0 saturated carbocycles. The number of nitrogen functional groups attached to an aromatic ring is 1. The minimum Gasteiger partial charge on any atom is -0.354 e. The van der Waals surface area contributed by atoms with Gasteiger partial charge in [0.05, 0.1) is 12.1 Å². The highest BCUT2D eigenvalue weighted by molar-refractivity contribution is 5.92. The third kappa shape index (κ3) is 4.94. The lowest BCUT2D eigenvalue weighted by Crippen LogP contribution is -2.35. The smallest absolute Gasteiger partial charge is 0.354 e. The Hall–Kier alpha value is -2.94. The minimum absolute atomic E-state index is 0.0880. The maximum Gasteiger partial charge on any atom is 0.390 e. The molecular formula is C25H33F3N6. The van der Waals surface area contributed by atoms with E-state index in [9.17, 15) is 13.2 Å². The molecule has 5 N–H and O–H groups in total. The van der Waals surface area contributed by atoms with Crippen LogP contribution in [0.1, 0.15) is 61.6 Å². The first kappa shape index (κ1) is 24.2. The summed E-state index contributed by atoms with van der Waals surface area (Å²) in [5, 5.41) is 4.94. The fourth-order valence-corrected chi connectivity index (χ4v) is 5.14. The minimum atomic E-state index is -4.09. The van der Waals surface area contributed by atoms with Crippen LogP contribution in [-0.4, -0.2) is 40.4 Å². The van der Waals surface area contributed by atoms with Crippen LogP contribution in [-0.2, 0) is 0 Å². The molecular weight excluding hydrogens is 441 g/mol. The van der Waals surface area contributed by atoms with E-state index in [0.717, 1.165) is 35.2 Å². The SMILES string of the molecule is Cc1cc(-c2[nH]c3ccc(C4CCN(CCC(F)(F)F)CC4)cc3c2C(C)C)cn(N)/c1=N\N. The van der Waals surface area contributed by atoms with Crippen molar-refractivity contribution in [1.82, 2.24) is 14.6 Å². The number of rotatable bonds is 5. The summed E-state index contributed by atoms with van der Waals surface area (Å²) in [6, 6.07) is 8.55. The average molecular weight is 475 g/mol. The number of pyridine rings is 1. The van der Waals surface area contributed by atoms with Crippen molar-refractivity contribution in [3.8, 4) is 11.3 Å². The monoisotopic (exact) mass is 474 g/mol. The van der Waals surface area contributed by atoms with E-state index in [0.29, 0.717) is 24.5 Å².